The van der Waals surface area contributed by atoms with Gasteiger partial charge >= 0.3 is 0 Å². The van der Waals surface area contributed by atoms with Crippen molar-refractivity contribution in [2.45, 2.75) is 19.8 Å². The van der Waals surface area contributed by atoms with Gasteiger partial charge < -0.3 is 15.3 Å². The molecule has 3 heteroatoms. The van der Waals surface area contributed by atoms with Crippen LogP contribution in [0.25, 0.3) is 0 Å². The molecular weight excluding hydrogens is 168 g/mol. The van der Waals surface area contributed by atoms with Crippen molar-refractivity contribution in [3.05, 3.63) is 23.3 Å². The molecule has 0 aromatic heterocycles. The molecule has 72 valence electrons. The van der Waals surface area contributed by atoms with Crippen LogP contribution in [0.4, 0.5) is 0 Å². The van der Waals surface area contributed by atoms with Gasteiger partial charge in [0, 0.05) is 18.1 Å². The second-order valence-corrected chi connectivity index (χ2v) is 3.25. The van der Waals surface area contributed by atoms with Crippen LogP contribution in [0, 0.1) is 6.92 Å². The molecule has 1 atom stereocenters. The van der Waals surface area contributed by atoms with Gasteiger partial charge in [0.25, 0.3) is 0 Å². The number of hydrogen-bond donors (Lipinski definition) is 3. The summed E-state index contributed by atoms with van der Waals surface area (Å²) >= 11 is 0. The highest BCUT2D eigenvalue weighted by molar-refractivity contribution is 5.50. The number of benzene rings is 1. The Balaban J connectivity index is 3.18. The van der Waals surface area contributed by atoms with E-state index in [1.54, 1.807) is 26.0 Å². The van der Waals surface area contributed by atoms with Gasteiger partial charge in [0.2, 0.25) is 0 Å². The van der Waals surface area contributed by atoms with Gasteiger partial charge in [-0.1, -0.05) is 19.1 Å². The van der Waals surface area contributed by atoms with E-state index in [0.717, 1.165) is 0 Å². The smallest absolute Gasteiger partial charge is 0.161 e. The predicted molar refractivity (Wildman–Crippen MR) is 50.0 cm³/mol. The Morgan fingerprint density at radius 1 is 1.23 bits per heavy atom. The van der Waals surface area contributed by atoms with Crippen LogP contribution in [0.5, 0.6) is 11.5 Å². The predicted octanol–water partition coefficient (Wildman–Crippen LogP) is 1.50. The second-order valence-electron chi connectivity index (χ2n) is 3.25. The molecule has 1 unspecified atom stereocenters. The van der Waals surface area contributed by atoms with Gasteiger partial charge in [-0.15, -0.1) is 0 Å². The molecule has 0 saturated heterocycles. The highest BCUT2D eigenvalue weighted by Crippen LogP contribution is 2.35. The summed E-state index contributed by atoms with van der Waals surface area (Å²) in [5.41, 5.74) is 1.21. The van der Waals surface area contributed by atoms with Gasteiger partial charge in [0.15, 0.2) is 11.5 Å². The van der Waals surface area contributed by atoms with Crippen LogP contribution in [0.15, 0.2) is 12.1 Å². The monoisotopic (exact) mass is 182 g/mol. The molecule has 0 heterocycles. The van der Waals surface area contributed by atoms with Crippen molar-refractivity contribution in [2.24, 2.45) is 0 Å². The van der Waals surface area contributed by atoms with E-state index in [4.69, 9.17) is 5.11 Å². The molecule has 3 nitrogen and oxygen atoms in total. The van der Waals surface area contributed by atoms with Gasteiger partial charge in [0.05, 0.1) is 0 Å². The minimum Gasteiger partial charge on any atom is -0.504 e. The zero-order valence-corrected chi connectivity index (χ0v) is 7.78. The van der Waals surface area contributed by atoms with E-state index >= 15 is 0 Å². The van der Waals surface area contributed by atoms with Crippen LogP contribution in [-0.2, 0) is 0 Å². The molecule has 0 aliphatic rings. The van der Waals surface area contributed by atoms with Crippen LogP contribution < -0.4 is 0 Å². The van der Waals surface area contributed by atoms with Gasteiger partial charge in [-0.05, 0) is 12.5 Å². The second kappa shape index (κ2) is 3.66. The lowest BCUT2D eigenvalue weighted by Gasteiger charge is -2.12. The van der Waals surface area contributed by atoms with E-state index in [1.165, 1.54) is 0 Å². The molecule has 0 saturated carbocycles. The lowest BCUT2D eigenvalue weighted by molar-refractivity contribution is 0.269. The number of aliphatic hydroxyl groups excluding tert-OH is 1. The summed E-state index contributed by atoms with van der Waals surface area (Å²) in [6.07, 6.45) is 0. The molecule has 1 aromatic rings. The van der Waals surface area contributed by atoms with Gasteiger partial charge in [0.1, 0.15) is 0 Å². The summed E-state index contributed by atoms with van der Waals surface area (Å²) in [5, 5.41) is 27.8. The molecule has 0 fully saturated rings. The molecule has 13 heavy (non-hydrogen) atoms. The summed E-state index contributed by atoms with van der Waals surface area (Å²) < 4.78 is 0. The zero-order valence-electron chi connectivity index (χ0n) is 7.78. The summed E-state index contributed by atoms with van der Waals surface area (Å²) in [5.74, 6) is -0.383. The van der Waals surface area contributed by atoms with Gasteiger partial charge in [-0.25, -0.2) is 0 Å². The molecule has 0 spiro atoms. The molecule has 0 bridgehead atoms. The number of hydrogen-bond acceptors (Lipinski definition) is 3. The standard InChI is InChI=1S/C10H14O3/c1-6-3-4-8(7(2)5-11)10(13)9(6)12/h3-4,7,11-13H,5H2,1-2H3. The van der Waals surface area contributed by atoms with Gasteiger partial charge in [-0.2, -0.15) is 0 Å². The molecule has 1 rings (SSSR count). The fraction of sp³-hybridized carbons (Fsp3) is 0.400. The molecule has 0 aliphatic heterocycles. The van der Waals surface area contributed by atoms with Crippen LogP contribution in [-0.4, -0.2) is 21.9 Å². The van der Waals surface area contributed by atoms with Crippen LogP contribution in [0.1, 0.15) is 24.0 Å². The molecule has 0 aliphatic carbocycles. The summed E-state index contributed by atoms with van der Waals surface area (Å²) in [7, 11) is 0. The van der Waals surface area contributed by atoms with Crippen molar-refractivity contribution in [1.82, 2.24) is 0 Å². The SMILES string of the molecule is Cc1ccc(C(C)CO)c(O)c1O. The largest absolute Gasteiger partial charge is 0.504 e. The first-order valence-electron chi connectivity index (χ1n) is 4.20. The average Bonchev–Trinajstić information content (AvgIpc) is 2.13. The van der Waals surface area contributed by atoms with E-state index in [9.17, 15) is 10.2 Å². The Morgan fingerprint density at radius 2 is 1.85 bits per heavy atom. The first kappa shape index (κ1) is 9.86. The van der Waals surface area contributed by atoms with E-state index in [1.807, 2.05) is 0 Å². The van der Waals surface area contributed by atoms with Crippen LogP contribution >= 0.6 is 0 Å². The van der Waals surface area contributed by atoms with Crippen molar-refractivity contribution in [1.29, 1.82) is 0 Å². The fourth-order valence-corrected chi connectivity index (χ4v) is 1.19. The Labute approximate surface area is 77.3 Å². The Morgan fingerprint density at radius 3 is 2.38 bits per heavy atom. The summed E-state index contributed by atoms with van der Waals surface area (Å²) in [6.45, 7) is 3.45. The zero-order chi connectivity index (χ0) is 10.0. The molecule has 1 aromatic carbocycles. The number of rotatable bonds is 2. The highest BCUT2D eigenvalue weighted by atomic mass is 16.3. The van der Waals surface area contributed by atoms with Crippen molar-refractivity contribution in [3.63, 3.8) is 0 Å². The first-order valence-corrected chi connectivity index (χ1v) is 4.20. The van der Waals surface area contributed by atoms with Crippen molar-refractivity contribution >= 4 is 0 Å². The van der Waals surface area contributed by atoms with Crippen molar-refractivity contribution in [2.75, 3.05) is 6.61 Å². The maximum atomic E-state index is 9.52. The quantitative estimate of drug-likeness (QED) is 0.607. The van der Waals surface area contributed by atoms with Crippen LogP contribution in [0.2, 0.25) is 0 Å². The fourth-order valence-electron chi connectivity index (χ4n) is 1.19. The first-order chi connectivity index (χ1) is 6.07. The third-order valence-electron chi connectivity index (χ3n) is 2.19. The number of phenols is 2. The number of aliphatic hydroxyl groups is 1. The number of aryl methyl sites for hydroxylation is 1. The topological polar surface area (TPSA) is 60.7 Å². The maximum Gasteiger partial charge on any atom is 0.161 e. The number of aromatic hydroxyl groups is 2. The van der Waals surface area contributed by atoms with E-state index in [2.05, 4.69) is 0 Å². The summed E-state index contributed by atoms with van der Waals surface area (Å²) in [4.78, 5) is 0. The maximum absolute atomic E-state index is 9.52. The molecule has 0 amide bonds. The Kier molecular flexibility index (Phi) is 2.78. The molecule has 3 N–H and O–H groups in total. The Hall–Kier alpha value is -1.22. The minimum absolute atomic E-state index is 0.0456. The number of phenolic OH excluding ortho intramolecular Hbond substituents is 2. The lowest BCUT2D eigenvalue weighted by atomic mass is 9.99. The molecular formula is C10H14O3. The van der Waals surface area contributed by atoms with Crippen LogP contribution in [0.3, 0.4) is 0 Å². The highest BCUT2D eigenvalue weighted by Gasteiger charge is 2.13. The minimum atomic E-state index is -0.161. The van der Waals surface area contributed by atoms with Gasteiger partial charge in [-0.3, -0.25) is 0 Å². The normalized spacial score (nSPS) is 12.8. The van der Waals surface area contributed by atoms with E-state index in [0.29, 0.717) is 11.1 Å². The third-order valence-corrected chi connectivity index (χ3v) is 2.19. The van der Waals surface area contributed by atoms with E-state index in [-0.39, 0.29) is 24.0 Å². The summed E-state index contributed by atoms with van der Waals surface area (Å²) in [6, 6.07) is 3.43. The molecule has 0 radical (unpaired) electrons. The lowest BCUT2D eigenvalue weighted by Crippen LogP contribution is -1.99. The average molecular weight is 182 g/mol. The van der Waals surface area contributed by atoms with Crippen molar-refractivity contribution < 1.29 is 15.3 Å². The third kappa shape index (κ3) is 1.75. The van der Waals surface area contributed by atoms with Crippen molar-refractivity contribution in [3.8, 4) is 11.5 Å². The Bertz CT molecular complexity index is 307. The van der Waals surface area contributed by atoms with E-state index < -0.39 is 0 Å².